The van der Waals surface area contributed by atoms with E-state index in [0.717, 1.165) is 26.2 Å². The van der Waals surface area contributed by atoms with E-state index in [4.69, 9.17) is 11.6 Å². The van der Waals surface area contributed by atoms with E-state index >= 15 is 0 Å². The van der Waals surface area contributed by atoms with Crippen LogP contribution >= 0.6 is 34.3 Å². The van der Waals surface area contributed by atoms with Gasteiger partial charge < -0.3 is 5.32 Å². The first kappa shape index (κ1) is 16.0. The number of halogens is 1. The van der Waals surface area contributed by atoms with Crippen molar-refractivity contribution in [2.75, 3.05) is 19.6 Å². The van der Waals surface area contributed by atoms with Crippen LogP contribution in [0.5, 0.6) is 0 Å². The molecule has 3 heterocycles. The second-order valence-electron chi connectivity index (χ2n) is 5.64. The van der Waals surface area contributed by atoms with Gasteiger partial charge in [0.05, 0.1) is 9.21 Å². The van der Waals surface area contributed by atoms with Gasteiger partial charge in [-0.25, -0.2) is 0 Å². The normalized spacial score (nSPS) is 19.2. The van der Waals surface area contributed by atoms with Gasteiger partial charge in [0.15, 0.2) is 0 Å². The van der Waals surface area contributed by atoms with Crippen molar-refractivity contribution in [3.05, 3.63) is 43.7 Å². The minimum atomic E-state index is -0.00715. The summed E-state index contributed by atoms with van der Waals surface area (Å²) in [5, 5.41) is 5.18. The predicted octanol–water partition coefficient (Wildman–Crippen LogP) is 4.11. The van der Waals surface area contributed by atoms with Gasteiger partial charge in [0.1, 0.15) is 0 Å². The summed E-state index contributed by atoms with van der Waals surface area (Å²) in [5.41, 5.74) is 0. The first-order chi connectivity index (χ1) is 10.7. The zero-order chi connectivity index (χ0) is 15.4. The van der Waals surface area contributed by atoms with Gasteiger partial charge in [-0.3, -0.25) is 9.69 Å². The minimum absolute atomic E-state index is 0.00715. The molecule has 0 aliphatic carbocycles. The lowest BCUT2D eigenvalue weighted by molar-refractivity contribution is 0.0935. The fourth-order valence-corrected chi connectivity index (χ4v) is 4.55. The molecule has 2 aromatic heterocycles. The molecule has 1 aliphatic heterocycles. The number of thiophene rings is 2. The van der Waals surface area contributed by atoms with Gasteiger partial charge in [-0.05, 0) is 48.9 Å². The van der Waals surface area contributed by atoms with Gasteiger partial charge in [-0.2, -0.15) is 0 Å². The van der Waals surface area contributed by atoms with Crippen LogP contribution in [0.3, 0.4) is 0 Å². The summed E-state index contributed by atoms with van der Waals surface area (Å²) in [6.07, 6.45) is 2.39. The molecular formula is C16H19ClN2OS2. The number of nitrogens with one attached hydrogen (secondary N) is 1. The minimum Gasteiger partial charge on any atom is -0.351 e. The van der Waals surface area contributed by atoms with Gasteiger partial charge in [0.2, 0.25) is 0 Å². The van der Waals surface area contributed by atoms with Crippen LogP contribution in [0, 0.1) is 5.92 Å². The Morgan fingerprint density at radius 2 is 2.32 bits per heavy atom. The molecule has 1 aliphatic rings. The summed E-state index contributed by atoms with van der Waals surface area (Å²) < 4.78 is 0.657. The second-order valence-corrected chi connectivity index (χ2v) is 8.38. The Morgan fingerprint density at radius 1 is 1.41 bits per heavy atom. The quantitative estimate of drug-likeness (QED) is 0.876. The summed E-state index contributed by atoms with van der Waals surface area (Å²) in [6, 6.07) is 7.85. The highest BCUT2D eigenvalue weighted by Gasteiger charge is 2.21. The fourth-order valence-electron chi connectivity index (χ4n) is 2.84. The smallest absolute Gasteiger partial charge is 0.261 e. The average molecular weight is 355 g/mol. The van der Waals surface area contributed by atoms with Crippen LogP contribution in [0.2, 0.25) is 4.34 Å². The molecule has 1 saturated heterocycles. The number of carbonyl (C=O) groups is 1. The molecule has 0 radical (unpaired) electrons. The highest BCUT2D eigenvalue weighted by Crippen LogP contribution is 2.22. The molecular weight excluding hydrogens is 336 g/mol. The maximum atomic E-state index is 12.1. The SMILES string of the molecule is O=C(NCC1CCCN(Cc2cccs2)C1)c1ccc(Cl)s1. The predicted molar refractivity (Wildman–Crippen MR) is 94.0 cm³/mol. The third-order valence-electron chi connectivity index (χ3n) is 3.91. The van der Waals surface area contributed by atoms with Crippen molar-refractivity contribution in [2.45, 2.75) is 19.4 Å². The Bertz CT molecular complexity index is 611. The number of likely N-dealkylation sites (tertiary alicyclic amines) is 1. The largest absolute Gasteiger partial charge is 0.351 e. The summed E-state index contributed by atoms with van der Waals surface area (Å²) >= 11 is 9.02. The molecule has 22 heavy (non-hydrogen) atoms. The Labute approximate surface area is 143 Å². The number of nitrogens with zero attached hydrogens (tertiary/aromatic N) is 1. The van der Waals surface area contributed by atoms with Crippen LogP contribution in [0.15, 0.2) is 29.6 Å². The van der Waals surface area contributed by atoms with E-state index < -0.39 is 0 Å². The fraction of sp³-hybridized carbons (Fsp3) is 0.438. The molecule has 0 saturated carbocycles. The van der Waals surface area contributed by atoms with E-state index in [9.17, 15) is 4.79 Å². The van der Waals surface area contributed by atoms with Crippen molar-refractivity contribution in [2.24, 2.45) is 5.92 Å². The summed E-state index contributed by atoms with van der Waals surface area (Å²) in [7, 11) is 0. The molecule has 1 atom stereocenters. The molecule has 1 N–H and O–H groups in total. The Balaban J connectivity index is 1.47. The van der Waals surface area contributed by atoms with Crippen LogP contribution in [0.4, 0.5) is 0 Å². The van der Waals surface area contributed by atoms with Gasteiger partial charge in [0.25, 0.3) is 5.91 Å². The molecule has 0 aromatic carbocycles. The van der Waals surface area contributed by atoms with Crippen LogP contribution in [-0.2, 0) is 6.54 Å². The maximum absolute atomic E-state index is 12.1. The molecule has 2 aromatic rings. The van der Waals surface area contributed by atoms with E-state index in [1.807, 2.05) is 11.3 Å². The van der Waals surface area contributed by atoms with Gasteiger partial charge in [-0.15, -0.1) is 22.7 Å². The van der Waals surface area contributed by atoms with Crippen molar-refractivity contribution in [1.82, 2.24) is 10.2 Å². The molecule has 3 rings (SSSR count). The van der Waals surface area contributed by atoms with Crippen LogP contribution in [0.1, 0.15) is 27.4 Å². The third kappa shape index (κ3) is 4.32. The monoisotopic (exact) mass is 354 g/mol. The lowest BCUT2D eigenvalue weighted by Crippen LogP contribution is -2.40. The molecule has 0 spiro atoms. The molecule has 6 heteroatoms. The number of rotatable bonds is 5. The molecule has 0 bridgehead atoms. The van der Waals surface area contributed by atoms with Gasteiger partial charge in [-0.1, -0.05) is 17.7 Å². The van der Waals surface area contributed by atoms with Gasteiger partial charge in [0, 0.05) is 24.5 Å². The molecule has 1 amide bonds. The lowest BCUT2D eigenvalue weighted by Gasteiger charge is -2.32. The standard InChI is InChI=1S/C16H19ClN2OS2/c17-15-6-5-14(22-15)16(20)18-9-12-3-1-7-19(10-12)11-13-4-2-8-21-13/h2,4-6,8,12H,1,3,7,9-11H2,(H,18,20). The Kier molecular flexibility index (Phi) is 5.52. The lowest BCUT2D eigenvalue weighted by atomic mass is 9.98. The van der Waals surface area contributed by atoms with Crippen molar-refractivity contribution in [1.29, 1.82) is 0 Å². The average Bonchev–Trinajstić information content (AvgIpc) is 3.17. The zero-order valence-corrected chi connectivity index (χ0v) is 14.6. The number of hydrogen-bond acceptors (Lipinski definition) is 4. The van der Waals surface area contributed by atoms with Crippen molar-refractivity contribution in [3.63, 3.8) is 0 Å². The van der Waals surface area contributed by atoms with Crippen molar-refractivity contribution < 1.29 is 4.79 Å². The molecule has 1 fully saturated rings. The van der Waals surface area contributed by atoms with E-state index in [1.54, 1.807) is 12.1 Å². The summed E-state index contributed by atoms with van der Waals surface area (Å²) in [6.45, 7) is 3.99. The van der Waals surface area contributed by atoms with E-state index in [1.165, 1.54) is 29.1 Å². The van der Waals surface area contributed by atoms with Gasteiger partial charge >= 0.3 is 0 Å². The number of amides is 1. The van der Waals surface area contributed by atoms with Crippen LogP contribution < -0.4 is 5.32 Å². The first-order valence-electron chi connectivity index (χ1n) is 7.49. The summed E-state index contributed by atoms with van der Waals surface area (Å²) in [4.78, 5) is 16.7. The van der Waals surface area contributed by atoms with E-state index in [2.05, 4.69) is 27.7 Å². The second kappa shape index (κ2) is 7.59. The molecule has 118 valence electrons. The third-order valence-corrected chi connectivity index (χ3v) is 6.00. The Morgan fingerprint density at radius 3 is 3.05 bits per heavy atom. The highest BCUT2D eigenvalue weighted by molar-refractivity contribution is 7.18. The number of piperidine rings is 1. The summed E-state index contributed by atoms with van der Waals surface area (Å²) in [5.74, 6) is 0.528. The Hall–Kier alpha value is -0.880. The zero-order valence-electron chi connectivity index (χ0n) is 12.3. The molecule has 1 unspecified atom stereocenters. The first-order valence-corrected chi connectivity index (χ1v) is 9.56. The van der Waals surface area contributed by atoms with Crippen LogP contribution in [0.25, 0.3) is 0 Å². The van der Waals surface area contributed by atoms with E-state index in [-0.39, 0.29) is 5.91 Å². The number of carbonyl (C=O) groups excluding carboxylic acids is 1. The van der Waals surface area contributed by atoms with E-state index in [0.29, 0.717) is 15.1 Å². The molecule has 3 nitrogen and oxygen atoms in total. The number of hydrogen-bond donors (Lipinski definition) is 1. The topological polar surface area (TPSA) is 32.3 Å². The van der Waals surface area contributed by atoms with Crippen molar-refractivity contribution >= 4 is 40.2 Å². The van der Waals surface area contributed by atoms with Crippen molar-refractivity contribution in [3.8, 4) is 0 Å². The maximum Gasteiger partial charge on any atom is 0.261 e. The van der Waals surface area contributed by atoms with Crippen LogP contribution in [-0.4, -0.2) is 30.4 Å². The highest BCUT2D eigenvalue weighted by atomic mass is 35.5.